The number of carbonyl (C=O) groups is 2. The first-order valence-corrected chi connectivity index (χ1v) is 13.6. The molecule has 12 nitrogen and oxygen atoms in total. The minimum atomic E-state index is -3.80. The average Bonchev–Trinajstić information content (AvgIpc) is 3.55. The summed E-state index contributed by atoms with van der Waals surface area (Å²) in [5.41, 5.74) is -0.0762. The smallest absolute Gasteiger partial charge is 0.414 e. The Hall–Kier alpha value is -4.03. The van der Waals surface area contributed by atoms with Crippen LogP contribution in [0.3, 0.4) is 0 Å². The Labute approximate surface area is 222 Å². The van der Waals surface area contributed by atoms with Crippen LogP contribution < -0.4 is 9.64 Å². The highest BCUT2D eigenvalue weighted by Gasteiger charge is 2.35. The van der Waals surface area contributed by atoms with Crippen molar-refractivity contribution in [2.75, 3.05) is 49.2 Å². The number of ether oxygens (including phenoxy) is 2. The molecule has 1 aromatic heterocycles. The molecule has 15 heteroatoms. The summed E-state index contributed by atoms with van der Waals surface area (Å²) in [7, 11) is -3.80. The molecule has 0 saturated carbocycles. The average molecular weight is 567 g/mol. The molecule has 2 aliphatic heterocycles. The highest BCUT2D eigenvalue weighted by Crippen LogP contribution is 2.32. The number of cyclic esters (lactones) is 1. The number of sulfone groups is 1. The summed E-state index contributed by atoms with van der Waals surface area (Å²) in [5, 5.41) is 13.7. The lowest BCUT2D eigenvalue weighted by Gasteiger charge is -2.28. The van der Waals surface area contributed by atoms with Crippen LogP contribution in [0, 0.1) is 18.2 Å². The topological polar surface area (TPSA) is 144 Å². The lowest BCUT2D eigenvalue weighted by atomic mass is 9.97. The van der Waals surface area contributed by atoms with Gasteiger partial charge in [-0.05, 0) is 29.3 Å². The minimum Gasteiger partial charge on any atom is -0.471 e. The zero-order chi connectivity index (χ0) is 28.2. The number of amides is 2. The Kier molecular flexibility index (Phi) is 8.46. The van der Waals surface area contributed by atoms with Gasteiger partial charge in [0.15, 0.2) is 15.9 Å². The van der Waals surface area contributed by atoms with E-state index in [1.54, 1.807) is 0 Å². The molecular formula is C24H24F2N4O8S. The SMILES string of the molecule is [C-]#[N+]CCS(=O)(=O)C[C@H](O)C(=O)N1CC=C(c2c(F)cc(N3C[C@H](COc4ccon4)OC3=O)cc2F)CC1. The summed E-state index contributed by atoms with van der Waals surface area (Å²) in [5.74, 6) is -3.75. The van der Waals surface area contributed by atoms with E-state index in [0.29, 0.717) is 0 Å². The summed E-state index contributed by atoms with van der Waals surface area (Å²) < 4.78 is 69.2. The second kappa shape index (κ2) is 11.8. The Bertz CT molecular complexity index is 1380. The Balaban J connectivity index is 1.39. The second-order valence-electron chi connectivity index (χ2n) is 8.82. The van der Waals surface area contributed by atoms with Crippen LogP contribution >= 0.6 is 0 Å². The van der Waals surface area contributed by atoms with Gasteiger partial charge < -0.3 is 28.8 Å². The molecule has 1 saturated heterocycles. The fraction of sp³-hybridized carbons (Fsp3) is 0.417. The predicted octanol–water partition coefficient (Wildman–Crippen LogP) is 1.67. The molecule has 39 heavy (non-hydrogen) atoms. The first-order chi connectivity index (χ1) is 18.6. The number of aliphatic hydroxyl groups is 1. The van der Waals surface area contributed by atoms with Gasteiger partial charge in [-0.2, -0.15) is 0 Å². The Morgan fingerprint density at radius 3 is 2.69 bits per heavy atom. The highest BCUT2D eigenvalue weighted by molar-refractivity contribution is 7.91. The minimum absolute atomic E-state index is 0.00386. The molecule has 3 heterocycles. The largest absolute Gasteiger partial charge is 0.471 e. The van der Waals surface area contributed by atoms with Crippen LogP contribution in [-0.4, -0.2) is 92.1 Å². The van der Waals surface area contributed by atoms with E-state index in [1.807, 2.05) is 0 Å². The van der Waals surface area contributed by atoms with Gasteiger partial charge in [-0.1, -0.05) is 6.08 Å². The standard InChI is InChI=1S/C24H24F2N4O8S/c1-27-5-9-39(34,35)14-20(31)23(32)29-6-2-15(3-7-29)22-18(25)10-16(11-19(22)26)30-12-17(38-24(30)33)13-36-21-4-8-37-28-21/h2,4,8,10-11,17,20,31H,3,5-7,9,12-14H2/t17-,20+/m1/s1. The molecule has 2 atom stereocenters. The predicted molar refractivity (Wildman–Crippen MR) is 131 cm³/mol. The molecule has 0 spiro atoms. The first-order valence-electron chi connectivity index (χ1n) is 11.8. The van der Waals surface area contributed by atoms with Crippen LogP contribution in [0.1, 0.15) is 12.0 Å². The molecule has 2 aliphatic rings. The van der Waals surface area contributed by atoms with Gasteiger partial charge in [-0.3, -0.25) is 9.69 Å². The van der Waals surface area contributed by atoms with Crippen molar-refractivity contribution in [1.29, 1.82) is 0 Å². The maximum atomic E-state index is 15.1. The number of hydrogen-bond donors (Lipinski definition) is 1. The summed E-state index contributed by atoms with van der Waals surface area (Å²) in [4.78, 5) is 30.0. The van der Waals surface area contributed by atoms with Crippen molar-refractivity contribution in [3.63, 3.8) is 0 Å². The van der Waals surface area contributed by atoms with Gasteiger partial charge >= 0.3 is 6.09 Å². The number of rotatable bonds is 10. The number of benzene rings is 1. The molecular weight excluding hydrogens is 542 g/mol. The number of aliphatic hydroxyl groups excluding tert-OH is 1. The molecule has 0 aliphatic carbocycles. The summed E-state index contributed by atoms with van der Waals surface area (Å²) in [6.07, 6.45) is -0.537. The number of aromatic nitrogens is 1. The van der Waals surface area contributed by atoms with Gasteiger partial charge in [0.1, 0.15) is 36.4 Å². The Morgan fingerprint density at radius 1 is 1.33 bits per heavy atom. The number of hydrogen-bond acceptors (Lipinski definition) is 9. The van der Waals surface area contributed by atoms with Crippen molar-refractivity contribution < 1.29 is 45.9 Å². The molecule has 1 fully saturated rings. The summed E-state index contributed by atoms with van der Waals surface area (Å²) >= 11 is 0. The van der Waals surface area contributed by atoms with E-state index in [9.17, 15) is 23.1 Å². The van der Waals surface area contributed by atoms with E-state index in [-0.39, 0.29) is 61.9 Å². The van der Waals surface area contributed by atoms with Gasteiger partial charge in [-0.15, -0.1) is 0 Å². The van der Waals surface area contributed by atoms with Crippen LogP contribution in [0.2, 0.25) is 0 Å². The van der Waals surface area contributed by atoms with E-state index in [4.69, 9.17) is 16.0 Å². The van der Waals surface area contributed by atoms with Gasteiger partial charge in [-0.25, -0.2) is 28.6 Å². The van der Waals surface area contributed by atoms with E-state index in [1.165, 1.54) is 23.3 Å². The molecule has 2 amide bonds. The number of carbonyl (C=O) groups excluding carboxylic acids is 2. The third-order valence-electron chi connectivity index (χ3n) is 6.10. The van der Waals surface area contributed by atoms with Gasteiger partial charge in [0.05, 0.1) is 18.0 Å². The quantitative estimate of drug-likeness (QED) is 0.425. The van der Waals surface area contributed by atoms with Gasteiger partial charge in [0, 0.05) is 24.7 Å². The van der Waals surface area contributed by atoms with Crippen LogP contribution in [0.25, 0.3) is 10.4 Å². The molecule has 0 radical (unpaired) electrons. The molecule has 1 N–H and O–H groups in total. The first kappa shape index (κ1) is 28.0. The number of nitrogens with zero attached hydrogens (tertiary/aromatic N) is 4. The zero-order valence-electron chi connectivity index (χ0n) is 20.5. The van der Waals surface area contributed by atoms with Crippen LogP contribution in [-0.2, 0) is 19.4 Å². The molecule has 2 aromatic rings. The third kappa shape index (κ3) is 6.70. The van der Waals surface area contributed by atoms with E-state index >= 15 is 8.78 Å². The number of anilines is 1. The van der Waals surface area contributed by atoms with E-state index in [2.05, 4.69) is 14.5 Å². The molecule has 0 bridgehead atoms. The summed E-state index contributed by atoms with van der Waals surface area (Å²) in [6, 6.07) is 3.49. The second-order valence-corrected chi connectivity index (χ2v) is 11.1. The van der Waals surface area contributed by atoms with Gasteiger partial charge in [0.2, 0.25) is 6.54 Å². The van der Waals surface area contributed by atoms with E-state index in [0.717, 1.165) is 17.0 Å². The fourth-order valence-corrected chi connectivity index (χ4v) is 5.34. The fourth-order valence-electron chi connectivity index (χ4n) is 4.18. The third-order valence-corrected chi connectivity index (χ3v) is 7.72. The Morgan fingerprint density at radius 2 is 2.08 bits per heavy atom. The van der Waals surface area contributed by atoms with Crippen molar-refractivity contribution >= 4 is 33.1 Å². The van der Waals surface area contributed by atoms with E-state index < -0.39 is 57.2 Å². The lowest BCUT2D eigenvalue weighted by molar-refractivity contribution is -0.138. The molecule has 208 valence electrons. The van der Waals surface area contributed by atoms with Crippen molar-refractivity contribution in [3.05, 3.63) is 59.2 Å². The van der Waals surface area contributed by atoms with Crippen LogP contribution in [0.4, 0.5) is 19.3 Å². The van der Waals surface area contributed by atoms with Crippen molar-refractivity contribution in [2.45, 2.75) is 18.6 Å². The van der Waals surface area contributed by atoms with Gasteiger partial charge in [0.25, 0.3) is 11.8 Å². The summed E-state index contributed by atoms with van der Waals surface area (Å²) in [6.45, 7) is 6.25. The van der Waals surface area contributed by atoms with Crippen molar-refractivity contribution in [2.24, 2.45) is 0 Å². The van der Waals surface area contributed by atoms with Crippen molar-refractivity contribution in [3.8, 4) is 5.88 Å². The molecule has 0 unspecified atom stereocenters. The number of halogens is 2. The highest BCUT2D eigenvalue weighted by atomic mass is 32.2. The molecule has 4 rings (SSSR count). The van der Waals surface area contributed by atoms with Crippen LogP contribution in [0.15, 0.2) is 35.1 Å². The lowest BCUT2D eigenvalue weighted by Crippen LogP contribution is -2.44. The maximum absolute atomic E-state index is 15.1. The normalized spacial score (nSPS) is 18.4. The zero-order valence-corrected chi connectivity index (χ0v) is 21.3. The van der Waals surface area contributed by atoms with Crippen molar-refractivity contribution in [1.82, 2.24) is 10.1 Å². The monoisotopic (exact) mass is 566 g/mol. The van der Waals surface area contributed by atoms with Crippen LogP contribution in [0.5, 0.6) is 5.88 Å². The molecule has 1 aromatic carbocycles. The maximum Gasteiger partial charge on any atom is 0.414 e.